The zero-order valence-corrected chi connectivity index (χ0v) is 16.6. The molecule has 4 rings (SSSR count). The summed E-state index contributed by atoms with van der Waals surface area (Å²) in [5.74, 6) is 2.29. The van der Waals surface area contributed by atoms with E-state index in [0.717, 1.165) is 19.0 Å². The molecular formula is C25H25OP. The van der Waals surface area contributed by atoms with Crippen LogP contribution in [0.5, 0.6) is 0 Å². The van der Waals surface area contributed by atoms with Crippen molar-refractivity contribution in [1.29, 1.82) is 0 Å². The van der Waals surface area contributed by atoms with E-state index >= 15 is 0 Å². The smallest absolute Gasteiger partial charge is 0.153 e. The maximum Gasteiger partial charge on any atom is 0.153 e. The highest BCUT2D eigenvalue weighted by Crippen LogP contribution is 2.72. The van der Waals surface area contributed by atoms with Gasteiger partial charge < -0.3 is 0 Å². The molecule has 0 aliphatic carbocycles. The molecule has 3 aromatic rings. The first-order valence-corrected chi connectivity index (χ1v) is 11.6. The Hall–Kier alpha value is -2.37. The van der Waals surface area contributed by atoms with Crippen LogP contribution in [-0.4, -0.2) is 17.7 Å². The molecule has 0 radical (unpaired) electrons. The van der Waals surface area contributed by atoms with Crippen molar-refractivity contribution in [3.05, 3.63) is 102 Å². The fourth-order valence-corrected chi connectivity index (χ4v) is 10.3. The number of hydrogen-bond acceptors (Lipinski definition) is 1. The van der Waals surface area contributed by atoms with Gasteiger partial charge in [-0.1, -0.05) is 97.9 Å². The number of Topliss-reactive ketones (excluding diaryl/α,β-unsaturated/α-hetero) is 1. The summed E-state index contributed by atoms with van der Waals surface area (Å²) >= 11 is 0. The van der Waals surface area contributed by atoms with Crippen LogP contribution in [0.4, 0.5) is 0 Å². The van der Waals surface area contributed by atoms with Gasteiger partial charge in [0.25, 0.3) is 0 Å². The molecule has 1 aliphatic rings. The topological polar surface area (TPSA) is 17.1 Å². The molecular weight excluding hydrogens is 347 g/mol. The predicted molar refractivity (Wildman–Crippen MR) is 118 cm³/mol. The van der Waals surface area contributed by atoms with Crippen LogP contribution in [0.1, 0.15) is 30.9 Å². The molecule has 0 spiro atoms. The van der Waals surface area contributed by atoms with Crippen LogP contribution in [0.25, 0.3) is 0 Å². The summed E-state index contributed by atoms with van der Waals surface area (Å²) in [5.41, 5.74) is 2.67. The molecule has 136 valence electrons. The highest BCUT2D eigenvalue weighted by Gasteiger charge is 2.50. The lowest BCUT2D eigenvalue weighted by Crippen LogP contribution is -2.31. The third-order valence-corrected chi connectivity index (χ3v) is 11.0. The van der Waals surface area contributed by atoms with Gasteiger partial charge in [-0.05, 0) is 48.2 Å². The van der Waals surface area contributed by atoms with E-state index in [1.807, 2.05) is 0 Å². The van der Waals surface area contributed by atoms with E-state index in [4.69, 9.17) is 0 Å². The number of carbonyl (C=O) groups excluding carboxylic acids is 1. The van der Waals surface area contributed by atoms with Crippen molar-refractivity contribution >= 4 is 23.8 Å². The highest BCUT2D eigenvalue weighted by atomic mass is 31.2. The lowest BCUT2D eigenvalue weighted by Gasteiger charge is -2.43. The summed E-state index contributed by atoms with van der Waals surface area (Å²) in [7, 11) is 0. The van der Waals surface area contributed by atoms with Gasteiger partial charge in [0.1, 0.15) is 0 Å². The van der Waals surface area contributed by atoms with Crippen LogP contribution >= 0.6 is 6.89 Å². The van der Waals surface area contributed by atoms with Crippen LogP contribution in [-0.2, 0) is 9.95 Å². The molecule has 0 amide bonds. The van der Waals surface area contributed by atoms with Crippen molar-refractivity contribution in [2.45, 2.75) is 24.9 Å². The number of ketones is 1. The molecule has 1 atom stereocenters. The summed E-state index contributed by atoms with van der Waals surface area (Å²) in [6, 6.07) is 32.5. The summed E-state index contributed by atoms with van der Waals surface area (Å²) in [6.07, 6.45) is 3.30. The Bertz CT molecular complexity index is 935. The standard InChI is InChI=1S/C25H25OP/c1-21(26)20-27(24-16-9-4-10-17-24)19-11-18-25(27,22-12-5-2-6-13-22)23-14-7-3-8-15-23/h2-10,12-17,20H,11,18-19H2,1H3. The second-order valence-electron chi connectivity index (χ2n) is 7.36. The van der Waals surface area contributed by atoms with Gasteiger partial charge in [0.05, 0.1) is 0 Å². The van der Waals surface area contributed by atoms with E-state index in [0.29, 0.717) is 0 Å². The zero-order chi connectivity index (χ0) is 18.7. The van der Waals surface area contributed by atoms with Gasteiger partial charge in [0.2, 0.25) is 0 Å². The zero-order valence-electron chi connectivity index (χ0n) is 15.7. The molecule has 0 N–H and O–H groups in total. The Morgan fingerprint density at radius 3 is 1.78 bits per heavy atom. The Morgan fingerprint density at radius 1 is 0.815 bits per heavy atom. The van der Waals surface area contributed by atoms with E-state index in [9.17, 15) is 4.79 Å². The van der Waals surface area contributed by atoms with Crippen molar-refractivity contribution in [3.8, 4) is 0 Å². The summed E-state index contributed by atoms with van der Waals surface area (Å²) in [4.78, 5) is 12.5. The first kappa shape index (κ1) is 18.0. The first-order valence-electron chi connectivity index (χ1n) is 9.60. The van der Waals surface area contributed by atoms with Gasteiger partial charge in [-0.2, -0.15) is 0 Å². The second-order valence-corrected chi connectivity index (χ2v) is 11.1. The van der Waals surface area contributed by atoms with E-state index in [1.54, 1.807) is 6.92 Å². The Kier molecular flexibility index (Phi) is 4.89. The maximum atomic E-state index is 12.5. The Morgan fingerprint density at radius 2 is 1.30 bits per heavy atom. The molecule has 0 aromatic heterocycles. The van der Waals surface area contributed by atoms with E-state index in [1.165, 1.54) is 16.4 Å². The minimum absolute atomic E-state index is 0.136. The molecule has 3 aromatic carbocycles. The molecule has 1 saturated heterocycles. The first-order chi connectivity index (χ1) is 13.2. The van der Waals surface area contributed by atoms with Crippen molar-refractivity contribution < 1.29 is 4.79 Å². The number of rotatable bonds is 4. The van der Waals surface area contributed by atoms with Crippen molar-refractivity contribution in [2.75, 3.05) is 6.16 Å². The predicted octanol–water partition coefficient (Wildman–Crippen LogP) is 5.46. The molecule has 2 heteroatoms. The van der Waals surface area contributed by atoms with Crippen molar-refractivity contribution in [3.63, 3.8) is 0 Å². The normalized spacial score (nSPS) is 20.9. The van der Waals surface area contributed by atoms with Crippen molar-refractivity contribution in [2.24, 2.45) is 0 Å². The number of benzene rings is 3. The van der Waals surface area contributed by atoms with Gasteiger partial charge in [-0.15, -0.1) is 0 Å². The van der Waals surface area contributed by atoms with E-state index < -0.39 is 6.89 Å². The average molecular weight is 372 g/mol. The van der Waals surface area contributed by atoms with Crippen LogP contribution in [0, 0.1) is 0 Å². The third kappa shape index (κ3) is 2.91. The molecule has 1 nitrogen and oxygen atoms in total. The lowest BCUT2D eigenvalue weighted by molar-refractivity contribution is -0.110. The maximum absolute atomic E-state index is 12.5. The SMILES string of the molecule is CC(=O)C=P1(c2ccccc2)CCCC1(c1ccccc1)c1ccccc1. The number of hydrogen-bond donors (Lipinski definition) is 0. The summed E-state index contributed by atoms with van der Waals surface area (Å²) in [6.45, 7) is -0.203. The molecule has 27 heavy (non-hydrogen) atoms. The molecule has 1 unspecified atom stereocenters. The van der Waals surface area contributed by atoms with Crippen LogP contribution < -0.4 is 5.30 Å². The van der Waals surface area contributed by atoms with Gasteiger partial charge in [0.15, 0.2) is 5.78 Å². The van der Waals surface area contributed by atoms with Gasteiger partial charge in [-0.3, -0.25) is 4.79 Å². The fourth-order valence-electron chi connectivity index (χ4n) is 4.92. The second kappa shape index (κ2) is 7.33. The van der Waals surface area contributed by atoms with Crippen LogP contribution in [0.15, 0.2) is 91.0 Å². The average Bonchev–Trinajstić information content (AvgIpc) is 3.10. The van der Waals surface area contributed by atoms with E-state index in [2.05, 4.69) is 96.8 Å². The summed E-state index contributed by atoms with van der Waals surface area (Å²) in [5, 5.41) is 1.20. The monoisotopic (exact) mass is 372 g/mol. The Labute approximate surface area is 162 Å². The molecule has 1 fully saturated rings. The third-order valence-electron chi connectivity index (χ3n) is 5.85. The molecule has 0 bridgehead atoms. The number of carbonyl (C=O) groups is 1. The largest absolute Gasteiger partial charge is 0.295 e. The minimum Gasteiger partial charge on any atom is -0.295 e. The van der Waals surface area contributed by atoms with Gasteiger partial charge in [0, 0.05) is 5.16 Å². The van der Waals surface area contributed by atoms with Gasteiger partial charge >= 0.3 is 0 Å². The van der Waals surface area contributed by atoms with Crippen LogP contribution in [0.3, 0.4) is 0 Å². The van der Waals surface area contributed by atoms with E-state index in [-0.39, 0.29) is 10.9 Å². The Balaban J connectivity index is 2.13. The molecule has 1 aliphatic heterocycles. The highest BCUT2D eigenvalue weighted by molar-refractivity contribution is 7.84. The quantitative estimate of drug-likeness (QED) is 0.556. The van der Waals surface area contributed by atoms with Gasteiger partial charge in [-0.25, -0.2) is 0 Å². The van der Waals surface area contributed by atoms with Crippen molar-refractivity contribution in [1.82, 2.24) is 0 Å². The molecule has 0 saturated carbocycles. The molecule has 1 heterocycles. The fraction of sp³-hybridized carbons (Fsp3) is 0.200. The lowest BCUT2D eigenvalue weighted by atomic mass is 9.87. The van der Waals surface area contributed by atoms with Crippen LogP contribution in [0.2, 0.25) is 0 Å². The minimum atomic E-state index is -1.91. The summed E-state index contributed by atoms with van der Waals surface area (Å²) < 4.78 is 0.